The molecule has 0 saturated carbocycles. The first-order valence-corrected chi connectivity index (χ1v) is 4.81. The van der Waals surface area contributed by atoms with E-state index in [4.69, 9.17) is 5.11 Å². The highest BCUT2D eigenvalue weighted by Crippen LogP contribution is 2.16. The van der Waals surface area contributed by atoms with Gasteiger partial charge in [0.15, 0.2) is 0 Å². The fourth-order valence-corrected chi connectivity index (χ4v) is 1.81. The van der Waals surface area contributed by atoms with Gasteiger partial charge in [-0.15, -0.1) is 0 Å². The van der Waals surface area contributed by atoms with Crippen molar-refractivity contribution < 1.29 is 14.7 Å². The number of carboxylic acid groups (broad SMARTS) is 1. The van der Waals surface area contributed by atoms with Crippen LogP contribution in [0.25, 0.3) is 0 Å². The second-order valence-electron chi connectivity index (χ2n) is 3.53. The zero-order valence-corrected chi connectivity index (χ0v) is 8.32. The Bertz CT molecular complexity index is 230. The van der Waals surface area contributed by atoms with Crippen LogP contribution in [0.4, 0.5) is 0 Å². The van der Waals surface area contributed by atoms with Crippen LogP contribution >= 0.6 is 0 Å². The monoisotopic (exact) mass is 200 g/mol. The third-order valence-corrected chi connectivity index (χ3v) is 2.44. The number of carbonyl (C=O) groups excluding carboxylic acids is 1. The Labute approximate surface area is 83.1 Å². The van der Waals surface area contributed by atoms with Gasteiger partial charge < -0.3 is 15.3 Å². The van der Waals surface area contributed by atoms with Gasteiger partial charge in [0.05, 0.1) is 6.54 Å². The van der Waals surface area contributed by atoms with Crippen molar-refractivity contribution in [2.24, 2.45) is 0 Å². The van der Waals surface area contributed by atoms with Crippen molar-refractivity contribution in [2.75, 3.05) is 19.6 Å². The van der Waals surface area contributed by atoms with Crippen LogP contribution in [-0.4, -0.2) is 47.6 Å². The molecule has 0 unspecified atom stereocenters. The van der Waals surface area contributed by atoms with Gasteiger partial charge in [0, 0.05) is 26.1 Å². The van der Waals surface area contributed by atoms with Gasteiger partial charge in [0.25, 0.3) is 0 Å². The highest BCUT2D eigenvalue weighted by atomic mass is 16.4. The second kappa shape index (κ2) is 4.95. The topological polar surface area (TPSA) is 69.6 Å². The van der Waals surface area contributed by atoms with E-state index in [1.54, 1.807) is 11.8 Å². The molecule has 0 aromatic carbocycles. The fraction of sp³-hybridized carbons (Fsp3) is 0.778. The maximum atomic E-state index is 11.1. The lowest BCUT2D eigenvalue weighted by Gasteiger charge is -2.23. The number of amides is 1. The third-order valence-electron chi connectivity index (χ3n) is 2.44. The fourth-order valence-electron chi connectivity index (χ4n) is 1.81. The zero-order chi connectivity index (χ0) is 10.6. The number of hydrogen-bond donors (Lipinski definition) is 2. The van der Waals surface area contributed by atoms with Crippen molar-refractivity contribution >= 4 is 11.9 Å². The summed E-state index contributed by atoms with van der Waals surface area (Å²) in [6.07, 6.45) is 1.98. The molecule has 1 aliphatic heterocycles. The molecule has 0 radical (unpaired) electrons. The molecule has 1 rings (SSSR count). The van der Waals surface area contributed by atoms with E-state index in [0.717, 1.165) is 19.4 Å². The molecular formula is C9H16N2O3. The smallest absolute Gasteiger partial charge is 0.317 e. The summed E-state index contributed by atoms with van der Waals surface area (Å²) in [4.78, 5) is 23.2. The minimum atomic E-state index is -0.864. The number of carboxylic acids is 1. The van der Waals surface area contributed by atoms with E-state index in [9.17, 15) is 9.59 Å². The van der Waals surface area contributed by atoms with Gasteiger partial charge >= 0.3 is 5.97 Å². The molecule has 1 aliphatic rings. The summed E-state index contributed by atoms with van der Waals surface area (Å²) in [5.41, 5.74) is 0. The van der Waals surface area contributed by atoms with Crippen LogP contribution in [-0.2, 0) is 9.59 Å². The van der Waals surface area contributed by atoms with E-state index < -0.39 is 5.97 Å². The summed E-state index contributed by atoms with van der Waals surface area (Å²) in [5.74, 6) is -0.790. The van der Waals surface area contributed by atoms with Gasteiger partial charge in [-0.25, -0.2) is 0 Å². The van der Waals surface area contributed by atoms with Gasteiger partial charge in [-0.1, -0.05) is 0 Å². The minimum absolute atomic E-state index is 0.0394. The number of aliphatic carboxylic acids is 1. The van der Waals surface area contributed by atoms with Crippen LogP contribution in [0.5, 0.6) is 0 Å². The highest BCUT2D eigenvalue weighted by molar-refractivity contribution is 5.74. The van der Waals surface area contributed by atoms with Crippen molar-refractivity contribution in [3.05, 3.63) is 0 Å². The summed E-state index contributed by atoms with van der Waals surface area (Å²) in [7, 11) is 0. The Kier molecular flexibility index (Phi) is 3.88. The normalized spacial score (nSPS) is 21.2. The minimum Gasteiger partial charge on any atom is -0.480 e. The van der Waals surface area contributed by atoms with Crippen molar-refractivity contribution in [3.8, 4) is 0 Å². The molecule has 0 aromatic heterocycles. The Morgan fingerprint density at radius 1 is 1.57 bits per heavy atom. The molecule has 80 valence electrons. The summed E-state index contributed by atoms with van der Waals surface area (Å²) >= 11 is 0. The third kappa shape index (κ3) is 2.99. The number of rotatable bonds is 4. The van der Waals surface area contributed by atoms with E-state index in [1.807, 2.05) is 0 Å². The lowest BCUT2D eigenvalue weighted by molar-refractivity contribution is -0.135. The first-order valence-electron chi connectivity index (χ1n) is 4.81. The largest absolute Gasteiger partial charge is 0.480 e. The second-order valence-corrected chi connectivity index (χ2v) is 3.53. The van der Waals surface area contributed by atoms with E-state index in [0.29, 0.717) is 6.54 Å². The molecule has 5 nitrogen and oxygen atoms in total. The Morgan fingerprint density at radius 3 is 2.86 bits per heavy atom. The van der Waals surface area contributed by atoms with Crippen LogP contribution in [0.1, 0.15) is 19.8 Å². The SMILES string of the molecule is CC(=O)N1CCC[C@H]1CNCC(=O)O. The molecule has 5 heteroatoms. The maximum Gasteiger partial charge on any atom is 0.317 e. The van der Waals surface area contributed by atoms with E-state index >= 15 is 0 Å². The van der Waals surface area contributed by atoms with Crippen molar-refractivity contribution in [3.63, 3.8) is 0 Å². The Balaban J connectivity index is 2.29. The summed E-state index contributed by atoms with van der Waals surface area (Å²) in [6, 6.07) is 0.173. The van der Waals surface area contributed by atoms with Crippen LogP contribution in [0.2, 0.25) is 0 Å². The number of hydrogen-bond acceptors (Lipinski definition) is 3. The average molecular weight is 200 g/mol. The standard InChI is InChI=1S/C9H16N2O3/c1-7(12)11-4-2-3-8(11)5-10-6-9(13)14/h8,10H,2-6H2,1H3,(H,13,14)/t8-/m0/s1. The quantitative estimate of drug-likeness (QED) is 0.652. The maximum absolute atomic E-state index is 11.1. The lowest BCUT2D eigenvalue weighted by atomic mass is 10.2. The number of nitrogens with zero attached hydrogens (tertiary/aromatic N) is 1. The average Bonchev–Trinajstić information content (AvgIpc) is 2.51. The van der Waals surface area contributed by atoms with Crippen LogP contribution in [0, 0.1) is 0 Å². The molecule has 0 bridgehead atoms. The van der Waals surface area contributed by atoms with E-state index in [1.165, 1.54) is 0 Å². The van der Waals surface area contributed by atoms with Crippen molar-refractivity contribution in [1.82, 2.24) is 10.2 Å². The predicted octanol–water partition coefficient (Wildman–Crippen LogP) is -0.328. The summed E-state index contributed by atoms with van der Waals surface area (Å²) in [5, 5.41) is 11.2. The molecule has 1 amide bonds. The molecule has 0 aliphatic carbocycles. The molecule has 14 heavy (non-hydrogen) atoms. The van der Waals surface area contributed by atoms with Crippen LogP contribution in [0.15, 0.2) is 0 Å². The van der Waals surface area contributed by atoms with E-state index in [2.05, 4.69) is 5.32 Å². The summed E-state index contributed by atoms with van der Waals surface area (Å²) in [6.45, 7) is 2.89. The first kappa shape index (κ1) is 11.0. The number of carbonyl (C=O) groups is 2. The molecule has 2 N–H and O–H groups in total. The molecule has 1 saturated heterocycles. The Hall–Kier alpha value is -1.10. The first-order chi connectivity index (χ1) is 6.61. The molecule has 0 spiro atoms. The predicted molar refractivity (Wildman–Crippen MR) is 50.9 cm³/mol. The number of nitrogens with one attached hydrogen (secondary N) is 1. The summed E-state index contributed by atoms with van der Waals surface area (Å²) < 4.78 is 0. The number of likely N-dealkylation sites (tertiary alicyclic amines) is 1. The molecule has 0 aromatic rings. The van der Waals surface area contributed by atoms with Gasteiger partial charge in [-0.05, 0) is 12.8 Å². The van der Waals surface area contributed by atoms with Gasteiger partial charge in [0.1, 0.15) is 0 Å². The molecule has 1 heterocycles. The lowest BCUT2D eigenvalue weighted by Crippen LogP contribution is -2.41. The van der Waals surface area contributed by atoms with Gasteiger partial charge in [0.2, 0.25) is 5.91 Å². The van der Waals surface area contributed by atoms with Crippen molar-refractivity contribution in [1.29, 1.82) is 0 Å². The van der Waals surface area contributed by atoms with E-state index in [-0.39, 0.29) is 18.5 Å². The van der Waals surface area contributed by atoms with Crippen LogP contribution < -0.4 is 5.32 Å². The van der Waals surface area contributed by atoms with Crippen LogP contribution in [0.3, 0.4) is 0 Å². The Morgan fingerprint density at radius 2 is 2.29 bits per heavy atom. The van der Waals surface area contributed by atoms with Gasteiger partial charge in [-0.2, -0.15) is 0 Å². The molecule has 1 fully saturated rings. The highest BCUT2D eigenvalue weighted by Gasteiger charge is 2.25. The van der Waals surface area contributed by atoms with Crippen molar-refractivity contribution in [2.45, 2.75) is 25.8 Å². The molecular weight excluding hydrogens is 184 g/mol. The van der Waals surface area contributed by atoms with Gasteiger partial charge in [-0.3, -0.25) is 9.59 Å². The zero-order valence-electron chi connectivity index (χ0n) is 8.32. The molecule has 1 atom stereocenters.